The second-order valence-electron chi connectivity index (χ2n) is 4.72. The molecule has 2 N–H and O–H groups in total. The lowest BCUT2D eigenvalue weighted by molar-refractivity contribution is 0.562. The molecule has 0 spiro atoms. The largest absolute Gasteiger partial charge is 0.322 e. The van der Waals surface area contributed by atoms with E-state index in [2.05, 4.69) is 39.6 Å². The molecule has 0 saturated heterocycles. The van der Waals surface area contributed by atoms with Gasteiger partial charge in [0.15, 0.2) is 0 Å². The molecule has 1 atom stereocenters. The third-order valence-corrected chi connectivity index (χ3v) is 3.38. The lowest BCUT2D eigenvalue weighted by Crippen LogP contribution is -2.14. The summed E-state index contributed by atoms with van der Waals surface area (Å²) in [6.45, 7) is 10.8. The highest BCUT2D eigenvalue weighted by atomic mass is 32.1. The van der Waals surface area contributed by atoms with Crippen LogP contribution in [-0.4, -0.2) is 4.98 Å². The van der Waals surface area contributed by atoms with Gasteiger partial charge >= 0.3 is 0 Å². The Bertz CT molecular complexity index is 310. The number of thiazole rings is 1. The van der Waals surface area contributed by atoms with Crippen molar-refractivity contribution in [3.63, 3.8) is 0 Å². The van der Waals surface area contributed by atoms with E-state index in [1.54, 1.807) is 11.3 Å². The molecule has 0 amide bonds. The standard InChI is InChI=1S/C11H20N2S/c1-6-8(12)10-13-9(7(2)14-10)11(3,4)5/h8H,6,12H2,1-5H3. The van der Waals surface area contributed by atoms with Gasteiger partial charge in [0.2, 0.25) is 0 Å². The third kappa shape index (κ3) is 2.34. The molecule has 14 heavy (non-hydrogen) atoms. The first-order valence-corrected chi connectivity index (χ1v) is 5.91. The van der Waals surface area contributed by atoms with Gasteiger partial charge in [-0.15, -0.1) is 11.3 Å². The van der Waals surface area contributed by atoms with Crippen LogP contribution in [0.15, 0.2) is 0 Å². The lowest BCUT2D eigenvalue weighted by Gasteiger charge is -2.16. The number of aromatic nitrogens is 1. The van der Waals surface area contributed by atoms with Gasteiger partial charge in [-0.3, -0.25) is 0 Å². The molecule has 0 fully saturated rings. The van der Waals surface area contributed by atoms with Crippen molar-refractivity contribution in [1.29, 1.82) is 0 Å². The predicted molar refractivity (Wildman–Crippen MR) is 62.8 cm³/mol. The highest BCUT2D eigenvalue weighted by molar-refractivity contribution is 7.11. The molecule has 0 aliphatic heterocycles. The van der Waals surface area contributed by atoms with E-state index in [9.17, 15) is 0 Å². The second kappa shape index (κ2) is 3.99. The molecule has 1 aromatic heterocycles. The Morgan fingerprint density at radius 1 is 1.43 bits per heavy atom. The number of nitrogens with two attached hydrogens (primary N) is 1. The number of hydrogen-bond acceptors (Lipinski definition) is 3. The molecule has 1 unspecified atom stereocenters. The zero-order valence-electron chi connectivity index (χ0n) is 9.72. The van der Waals surface area contributed by atoms with Gasteiger partial charge < -0.3 is 5.73 Å². The Balaban J connectivity index is 3.05. The van der Waals surface area contributed by atoms with Crippen molar-refractivity contribution in [2.24, 2.45) is 5.73 Å². The summed E-state index contributed by atoms with van der Waals surface area (Å²) in [5, 5.41) is 1.08. The van der Waals surface area contributed by atoms with E-state index in [-0.39, 0.29) is 11.5 Å². The molecule has 0 aliphatic carbocycles. The fourth-order valence-corrected chi connectivity index (χ4v) is 2.66. The van der Waals surface area contributed by atoms with Gasteiger partial charge in [0, 0.05) is 10.3 Å². The van der Waals surface area contributed by atoms with Gasteiger partial charge in [-0.05, 0) is 13.3 Å². The van der Waals surface area contributed by atoms with Gasteiger partial charge in [-0.1, -0.05) is 27.7 Å². The minimum Gasteiger partial charge on any atom is -0.322 e. The van der Waals surface area contributed by atoms with Crippen LogP contribution in [0.5, 0.6) is 0 Å². The first kappa shape index (κ1) is 11.7. The summed E-state index contributed by atoms with van der Waals surface area (Å²) in [5.41, 5.74) is 7.29. The zero-order valence-corrected chi connectivity index (χ0v) is 10.5. The van der Waals surface area contributed by atoms with Crippen LogP contribution in [0.3, 0.4) is 0 Å². The normalized spacial score (nSPS) is 14.4. The zero-order chi connectivity index (χ0) is 10.9. The Morgan fingerprint density at radius 3 is 2.36 bits per heavy atom. The van der Waals surface area contributed by atoms with E-state index >= 15 is 0 Å². The summed E-state index contributed by atoms with van der Waals surface area (Å²) < 4.78 is 0. The van der Waals surface area contributed by atoms with Crippen molar-refractivity contribution in [3.8, 4) is 0 Å². The Morgan fingerprint density at radius 2 is 2.00 bits per heavy atom. The first-order chi connectivity index (χ1) is 6.36. The van der Waals surface area contributed by atoms with Crippen LogP contribution >= 0.6 is 11.3 Å². The quantitative estimate of drug-likeness (QED) is 0.818. The summed E-state index contributed by atoms with van der Waals surface area (Å²) in [5.74, 6) is 0. The number of hydrogen-bond donors (Lipinski definition) is 1. The fraction of sp³-hybridized carbons (Fsp3) is 0.727. The summed E-state index contributed by atoms with van der Waals surface area (Å²) in [6, 6.07) is 0.106. The fourth-order valence-electron chi connectivity index (χ4n) is 1.45. The van der Waals surface area contributed by atoms with Crippen LogP contribution < -0.4 is 5.73 Å². The average molecular weight is 212 g/mol. The van der Waals surface area contributed by atoms with Gasteiger partial charge in [0.25, 0.3) is 0 Å². The highest BCUT2D eigenvalue weighted by Gasteiger charge is 2.22. The van der Waals surface area contributed by atoms with Gasteiger partial charge in [0.1, 0.15) is 5.01 Å². The predicted octanol–water partition coefficient (Wildman–Crippen LogP) is 3.16. The smallest absolute Gasteiger partial charge is 0.110 e. The van der Waals surface area contributed by atoms with E-state index in [0.717, 1.165) is 11.4 Å². The molecule has 0 aliphatic rings. The maximum Gasteiger partial charge on any atom is 0.110 e. The van der Waals surface area contributed by atoms with E-state index in [4.69, 9.17) is 5.73 Å². The molecule has 0 aromatic carbocycles. The molecule has 1 heterocycles. The monoisotopic (exact) mass is 212 g/mol. The average Bonchev–Trinajstić information content (AvgIpc) is 2.45. The van der Waals surface area contributed by atoms with Crippen molar-refractivity contribution in [2.45, 2.75) is 52.5 Å². The minimum absolute atomic E-state index is 0.106. The van der Waals surface area contributed by atoms with Crippen LogP contribution in [0.1, 0.15) is 55.7 Å². The number of rotatable bonds is 2. The molecule has 3 heteroatoms. The molecule has 1 aromatic rings. The van der Waals surface area contributed by atoms with Crippen LogP contribution in [0.2, 0.25) is 0 Å². The van der Waals surface area contributed by atoms with Crippen molar-refractivity contribution >= 4 is 11.3 Å². The van der Waals surface area contributed by atoms with Crippen LogP contribution in [-0.2, 0) is 5.41 Å². The highest BCUT2D eigenvalue weighted by Crippen LogP contribution is 2.31. The Labute approximate surface area is 90.6 Å². The molecular formula is C11H20N2S. The van der Waals surface area contributed by atoms with Crippen molar-refractivity contribution in [1.82, 2.24) is 4.98 Å². The molecule has 1 rings (SSSR count). The second-order valence-corrected chi connectivity index (χ2v) is 5.96. The van der Waals surface area contributed by atoms with E-state index < -0.39 is 0 Å². The molecule has 80 valence electrons. The summed E-state index contributed by atoms with van der Waals surface area (Å²) in [4.78, 5) is 5.95. The van der Waals surface area contributed by atoms with E-state index in [1.165, 1.54) is 10.6 Å². The number of nitrogens with zero attached hydrogens (tertiary/aromatic N) is 1. The molecular weight excluding hydrogens is 192 g/mol. The van der Waals surface area contributed by atoms with Gasteiger partial charge in [-0.25, -0.2) is 4.98 Å². The molecule has 2 nitrogen and oxygen atoms in total. The van der Waals surface area contributed by atoms with Crippen LogP contribution in [0.4, 0.5) is 0 Å². The van der Waals surface area contributed by atoms with Crippen molar-refractivity contribution < 1.29 is 0 Å². The first-order valence-electron chi connectivity index (χ1n) is 5.09. The summed E-state index contributed by atoms with van der Waals surface area (Å²) >= 11 is 1.74. The maximum atomic E-state index is 5.97. The maximum absolute atomic E-state index is 5.97. The summed E-state index contributed by atoms with van der Waals surface area (Å²) in [6.07, 6.45) is 0.955. The molecule has 0 bridgehead atoms. The van der Waals surface area contributed by atoms with E-state index in [1.807, 2.05) is 0 Å². The van der Waals surface area contributed by atoms with Gasteiger partial charge in [-0.2, -0.15) is 0 Å². The number of aryl methyl sites for hydroxylation is 1. The lowest BCUT2D eigenvalue weighted by atomic mass is 9.91. The molecule has 0 saturated carbocycles. The minimum atomic E-state index is 0.106. The molecule has 0 radical (unpaired) electrons. The Hall–Kier alpha value is -0.410. The topological polar surface area (TPSA) is 38.9 Å². The Kier molecular flexibility index (Phi) is 3.32. The van der Waals surface area contributed by atoms with Crippen LogP contribution in [0, 0.1) is 6.92 Å². The van der Waals surface area contributed by atoms with E-state index in [0.29, 0.717) is 0 Å². The third-order valence-electron chi connectivity index (χ3n) is 2.28. The van der Waals surface area contributed by atoms with Crippen molar-refractivity contribution in [2.75, 3.05) is 0 Å². The van der Waals surface area contributed by atoms with Gasteiger partial charge in [0.05, 0.1) is 11.7 Å². The van der Waals surface area contributed by atoms with Crippen molar-refractivity contribution in [3.05, 3.63) is 15.6 Å². The SMILES string of the molecule is CCC(N)c1nc(C(C)(C)C)c(C)s1. The summed E-state index contributed by atoms with van der Waals surface area (Å²) in [7, 11) is 0. The van der Waals surface area contributed by atoms with Crippen LogP contribution in [0.25, 0.3) is 0 Å².